The highest BCUT2D eigenvalue weighted by molar-refractivity contribution is 7.99. The van der Waals surface area contributed by atoms with Gasteiger partial charge in [-0.2, -0.15) is 0 Å². The van der Waals surface area contributed by atoms with Gasteiger partial charge in [0.25, 0.3) is 0 Å². The molecule has 0 unspecified atom stereocenters. The van der Waals surface area contributed by atoms with E-state index in [1.165, 1.54) is 23.5 Å². The minimum Gasteiger partial charge on any atom is -0.356 e. The van der Waals surface area contributed by atoms with Gasteiger partial charge in [-0.15, -0.1) is 0 Å². The number of rotatable bonds is 7. The van der Waals surface area contributed by atoms with Crippen LogP contribution in [0.4, 0.5) is 5.95 Å². The zero-order chi connectivity index (χ0) is 22.2. The third-order valence-electron chi connectivity index (χ3n) is 4.03. The molecule has 0 aliphatic heterocycles. The van der Waals surface area contributed by atoms with Crippen LogP contribution in [0.2, 0.25) is 0 Å². The van der Waals surface area contributed by atoms with Gasteiger partial charge in [0.05, 0.1) is 6.04 Å². The largest absolute Gasteiger partial charge is 0.356 e. The molecule has 0 aliphatic carbocycles. The molecule has 0 amide bonds. The number of hydrogen-bond acceptors (Lipinski definition) is 9. The average Bonchev–Trinajstić information content (AvgIpc) is 2.81. The van der Waals surface area contributed by atoms with Crippen LogP contribution >= 0.6 is 35.7 Å². The van der Waals surface area contributed by atoms with Crippen molar-refractivity contribution in [2.45, 2.75) is 33.3 Å². The van der Waals surface area contributed by atoms with E-state index in [-0.39, 0.29) is 6.04 Å². The van der Waals surface area contributed by atoms with E-state index in [9.17, 15) is 0 Å². The third kappa shape index (κ3) is 6.42. The second-order valence-corrected chi connectivity index (χ2v) is 8.75. The van der Waals surface area contributed by atoms with E-state index in [4.69, 9.17) is 12.2 Å². The van der Waals surface area contributed by atoms with Crippen LogP contribution in [-0.4, -0.2) is 35.0 Å². The van der Waals surface area contributed by atoms with Gasteiger partial charge < -0.3 is 10.6 Å². The van der Waals surface area contributed by atoms with Crippen LogP contribution in [0.3, 0.4) is 0 Å². The first kappa shape index (κ1) is 22.1. The number of hydrogen-bond donors (Lipinski definition) is 2. The van der Waals surface area contributed by atoms with E-state index in [1.54, 1.807) is 36.9 Å². The SMILES string of the molecule is C[C@H](NC(=S)Nc1nc(Sc2ncccn2)cc(Sc2ncccn2)n1)c1ccccc1. The Bertz CT molecular complexity index is 1100. The van der Waals surface area contributed by atoms with Crippen molar-refractivity contribution in [1.29, 1.82) is 0 Å². The molecule has 0 bridgehead atoms. The molecule has 8 nitrogen and oxygen atoms in total. The molecule has 11 heteroatoms. The minimum absolute atomic E-state index is 0.0260. The van der Waals surface area contributed by atoms with Crippen molar-refractivity contribution in [3.63, 3.8) is 0 Å². The monoisotopic (exact) mass is 478 g/mol. The number of benzene rings is 1. The number of thiocarbonyl (C=S) groups is 1. The molecule has 0 spiro atoms. The molecule has 0 saturated heterocycles. The Labute approximate surface area is 199 Å². The molecular weight excluding hydrogens is 460 g/mol. The second-order valence-electron chi connectivity index (χ2n) is 6.37. The Balaban J connectivity index is 1.53. The quantitative estimate of drug-likeness (QED) is 0.224. The molecule has 2 N–H and O–H groups in total. The molecule has 1 atom stereocenters. The molecular formula is C21H18N8S3. The Morgan fingerprint density at radius 3 is 1.88 bits per heavy atom. The van der Waals surface area contributed by atoms with Gasteiger partial charge in [0, 0.05) is 30.9 Å². The molecule has 160 valence electrons. The van der Waals surface area contributed by atoms with Crippen LogP contribution in [0, 0.1) is 0 Å². The highest BCUT2D eigenvalue weighted by Crippen LogP contribution is 2.29. The van der Waals surface area contributed by atoms with Crippen molar-refractivity contribution in [3.8, 4) is 0 Å². The van der Waals surface area contributed by atoms with Crippen molar-refractivity contribution in [1.82, 2.24) is 35.2 Å². The summed E-state index contributed by atoms with van der Waals surface area (Å²) >= 11 is 8.16. The molecule has 4 rings (SSSR count). The maximum atomic E-state index is 5.49. The number of anilines is 1. The highest BCUT2D eigenvalue weighted by atomic mass is 32.2. The summed E-state index contributed by atoms with van der Waals surface area (Å²) in [5.41, 5.74) is 1.13. The summed E-state index contributed by atoms with van der Waals surface area (Å²) in [6, 6.07) is 15.5. The molecule has 3 heterocycles. The summed E-state index contributed by atoms with van der Waals surface area (Å²) in [4.78, 5) is 26.1. The van der Waals surface area contributed by atoms with Gasteiger partial charge in [-0.3, -0.25) is 0 Å². The first-order valence-electron chi connectivity index (χ1n) is 9.57. The molecule has 0 saturated carbocycles. The van der Waals surface area contributed by atoms with Crippen LogP contribution in [0.5, 0.6) is 0 Å². The minimum atomic E-state index is 0.0260. The van der Waals surface area contributed by atoms with E-state index in [0.29, 0.717) is 31.4 Å². The topological polar surface area (TPSA) is 101 Å². The summed E-state index contributed by atoms with van der Waals surface area (Å²) in [7, 11) is 0. The first-order valence-corrected chi connectivity index (χ1v) is 11.6. The molecule has 32 heavy (non-hydrogen) atoms. The van der Waals surface area contributed by atoms with Crippen LogP contribution in [0.15, 0.2) is 93.7 Å². The highest BCUT2D eigenvalue weighted by Gasteiger charge is 2.13. The Morgan fingerprint density at radius 1 is 0.812 bits per heavy atom. The van der Waals surface area contributed by atoms with Crippen molar-refractivity contribution < 1.29 is 0 Å². The summed E-state index contributed by atoms with van der Waals surface area (Å²) < 4.78 is 0. The fourth-order valence-corrected chi connectivity index (χ4v) is 4.36. The lowest BCUT2D eigenvalue weighted by molar-refractivity contribution is 0.722. The molecule has 0 radical (unpaired) electrons. The van der Waals surface area contributed by atoms with E-state index >= 15 is 0 Å². The molecule has 1 aromatic carbocycles. The summed E-state index contributed by atoms with van der Waals surface area (Å²) in [5.74, 6) is 0.363. The van der Waals surface area contributed by atoms with Gasteiger partial charge in [-0.25, -0.2) is 29.9 Å². The van der Waals surface area contributed by atoms with Crippen LogP contribution in [-0.2, 0) is 0 Å². The smallest absolute Gasteiger partial charge is 0.231 e. The van der Waals surface area contributed by atoms with Gasteiger partial charge in [-0.05, 0) is 60.4 Å². The lowest BCUT2D eigenvalue weighted by Crippen LogP contribution is -2.31. The van der Waals surface area contributed by atoms with Crippen LogP contribution in [0.1, 0.15) is 18.5 Å². The predicted molar refractivity (Wildman–Crippen MR) is 129 cm³/mol. The Hall–Kier alpha value is -3.15. The fourth-order valence-electron chi connectivity index (χ4n) is 2.59. The molecule has 4 aromatic rings. The van der Waals surface area contributed by atoms with Crippen LogP contribution in [0.25, 0.3) is 0 Å². The van der Waals surface area contributed by atoms with E-state index in [2.05, 4.69) is 40.5 Å². The average molecular weight is 479 g/mol. The standard InChI is InChI=1S/C21H18N8S3/c1-14(15-7-3-2-4-8-15)26-19(30)29-18-27-16(31-20-22-9-5-10-23-20)13-17(28-18)32-21-24-11-6-12-25-21/h2-14H,1H3,(H2,26,27,28,29,30)/t14-/m0/s1. The normalized spacial score (nSPS) is 11.5. The van der Waals surface area contributed by atoms with E-state index < -0.39 is 0 Å². The van der Waals surface area contributed by atoms with Crippen molar-refractivity contribution in [2.75, 3.05) is 5.32 Å². The Kier molecular flexibility index (Phi) is 7.54. The molecule has 3 aromatic heterocycles. The number of aromatic nitrogens is 6. The predicted octanol–water partition coefficient (Wildman–Crippen LogP) is 4.41. The van der Waals surface area contributed by atoms with Crippen molar-refractivity contribution >= 4 is 46.8 Å². The summed E-state index contributed by atoms with van der Waals surface area (Å²) in [6.07, 6.45) is 6.75. The number of nitrogens with one attached hydrogen (secondary N) is 2. The zero-order valence-corrected chi connectivity index (χ0v) is 19.4. The molecule has 0 fully saturated rings. The number of nitrogens with zero attached hydrogens (tertiary/aromatic N) is 6. The van der Waals surface area contributed by atoms with Gasteiger partial charge >= 0.3 is 0 Å². The van der Waals surface area contributed by atoms with E-state index in [1.807, 2.05) is 43.3 Å². The third-order valence-corrected chi connectivity index (χ3v) is 5.87. The summed E-state index contributed by atoms with van der Waals surface area (Å²) in [5, 5.41) is 9.28. The maximum Gasteiger partial charge on any atom is 0.231 e. The lowest BCUT2D eigenvalue weighted by atomic mass is 10.1. The van der Waals surface area contributed by atoms with Gasteiger partial charge in [0.15, 0.2) is 15.4 Å². The second kappa shape index (κ2) is 10.9. The fraction of sp³-hybridized carbons (Fsp3) is 0.0952. The van der Waals surface area contributed by atoms with Crippen molar-refractivity contribution in [3.05, 3.63) is 78.9 Å². The van der Waals surface area contributed by atoms with Crippen molar-refractivity contribution in [2.24, 2.45) is 0 Å². The first-order chi connectivity index (χ1) is 15.7. The maximum absolute atomic E-state index is 5.49. The zero-order valence-electron chi connectivity index (χ0n) is 16.9. The van der Waals surface area contributed by atoms with Crippen LogP contribution < -0.4 is 10.6 Å². The summed E-state index contributed by atoms with van der Waals surface area (Å²) in [6.45, 7) is 2.04. The Morgan fingerprint density at radius 2 is 1.34 bits per heavy atom. The molecule has 0 aliphatic rings. The van der Waals surface area contributed by atoms with Gasteiger partial charge in [-0.1, -0.05) is 30.3 Å². The van der Waals surface area contributed by atoms with E-state index in [0.717, 1.165) is 5.56 Å². The van der Waals surface area contributed by atoms with Gasteiger partial charge in [0.1, 0.15) is 10.1 Å². The van der Waals surface area contributed by atoms with Gasteiger partial charge in [0.2, 0.25) is 5.95 Å². The lowest BCUT2D eigenvalue weighted by Gasteiger charge is -2.17.